The minimum atomic E-state index is -0.735. The number of hydrogen-bond acceptors (Lipinski definition) is 4. The molecule has 0 fully saturated rings. The second-order valence-electron chi connectivity index (χ2n) is 3.27. The van der Waals surface area contributed by atoms with Crippen LogP contribution in [-0.4, -0.2) is 17.2 Å². The van der Waals surface area contributed by atoms with E-state index >= 15 is 0 Å². The fourth-order valence-electron chi connectivity index (χ4n) is 1.05. The molecule has 1 rings (SSSR count). The zero-order valence-corrected chi connectivity index (χ0v) is 9.08. The van der Waals surface area contributed by atoms with Gasteiger partial charge in [0.1, 0.15) is 0 Å². The summed E-state index contributed by atoms with van der Waals surface area (Å²) in [6, 6.07) is 3.65. The maximum atomic E-state index is 11.2. The van der Waals surface area contributed by atoms with Gasteiger partial charge in [0.25, 0.3) is 0 Å². The van der Waals surface area contributed by atoms with Crippen LogP contribution in [0.5, 0.6) is 0 Å². The predicted octanol–water partition coefficient (Wildman–Crippen LogP) is 2.12. The van der Waals surface area contributed by atoms with E-state index in [0.717, 1.165) is 4.88 Å². The summed E-state index contributed by atoms with van der Waals surface area (Å²) < 4.78 is 4.92. The molecule has 0 aromatic carbocycles. The molecule has 14 heavy (non-hydrogen) atoms. The van der Waals surface area contributed by atoms with Gasteiger partial charge in [-0.15, -0.1) is 11.3 Å². The van der Waals surface area contributed by atoms with Crippen LogP contribution in [0.1, 0.15) is 31.2 Å². The first kappa shape index (κ1) is 11.2. The molecule has 0 aliphatic carbocycles. The van der Waals surface area contributed by atoms with Gasteiger partial charge in [0.15, 0.2) is 0 Å². The third-order valence-corrected chi connectivity index (χ3v) is 2.57. The van der Waals surface area contributed by atoms with Gasteiger partial charge in [0.05, 0.1) is 18.6 Å². The molecule has 4 heteroatoms. The normalized spacial score (nSPS) is 12.9. The van der Waals surface area contributed by atoms with Crippen molar-refractivity contribution in [3.05, 3.63) is 22.4 Å². The summed E-state index contributed by atoms with van der Waals surface area (Å²) in [6.45, 7) is 3.57. The summed E-state index contributed by atoms with van der Waals surface area (Å²) >= 11 is 1.43. The van der Waals surface area contributed by atoms with E-state index in [9.17, 15) is 9.90 Å². The van der Waals surface area contributed by atoms with Gasteiger partial charge in [-0.05, 0) is 25.3 Å². The fraction of sp³-hybridized carbons (Fsp3) is 0.500. The van der Waals surface area contributed by atoms with Crippen molar-refractivity contribution < 1.29 is 14.6 Å². The molecule has 1 aromatic rings. The zero-order valence-electron chi connectivity index (χ0n) is 8.27. The molecule has 1 heterocycles. The number of thiophene rings is 1. The molecule has 0 radical (unpaired) electrons. The van der Waals surface area contributed by atoms with Crippen LogP contribution in [0, 0.1) is 0 Å². The van der Waals surface area contributed by atoms with Crippen LogP contribution in [0.3, 0.4) is 0 Å². The molecule has 0 aliphatic rings. The number of aliphatic hydroxyl groups excluding tert-OH is 1. The summed E-state index contributed by atoms with van der Waals surface area (Å²) in [5.74, 6) is -0.360. The van der Waals surface area contributed by atoms with Crippen LogP contribution in [0.4, 0.5) is 0 Å². The Hall–Kier alpha value is -0.870. The van der Waals surface area contributed by atoms with Crippen LogP contribution >= 0.6 is 11.3 Å². The Balaban J connectivity index is 2.41. The SMILES string of the molecule is CC(C)OC(=O)CC(O)c1cccs1. The summed E-state index contributed by atoms with van der Waals surface area (Å²) in [5.41, 5.74) is 0. The van der Waals surface area contributed by atoms with Crippen LogP contribution in [-0.2, 0) is 9.53 Å². The van der Waals surface area contributed by atoms with Gasteiger partial charge < -0.3 is 9.84 Å². The number of esters is 1. The summed E-state index contributed by atoms with van der Waals surface area (Å²) in [7, 11) is 0. The summed E-state index contributed by atoms with van der Waals surface area (Å²) in [4.78, 5) is 12.0. The van der Waals surface area contributed by atoms with Crippen LogP contribution < -0.4 is 0 Å². The van der Waals surface area contributed by atoms with Crippen molar-refractivity contribution in [3.8, 4) is 0 Å². The number of rotatable bonds is 4. The van der Waals surface area contributed by atoms with Gasteiger partial charge in [-0.25, -0.2) is 0 Å². The molecular weight excluding hydrogens is 200 g/mol. The second-order valence-corrected chi connectivity index (χ2v) is 4.25. The largest absolute Gasteiger partial charge is 0.463 e. The fourth-order valence-corrected chi connectivity index (χ4v) is 1.76. The van der Waals surface area contributed by atoms with Gasteiger partial charge in [-0.1, -0.05) is 6.07 Å². The predicted molar refractivity (Wildman–Crippen MR) is 55.1 cm³/mol. The number of carbonyl (C=O) groups excluding carboxylic acids is 1. The van der Waals surface area contributed by atoms with Gasteiger partial charge >= 0.3 is 5.97 Å². The second kappa shape index (κ2) is 5.12. The zero-order chi connectivity index (χ0) is 10.6. The minimum absolute atomic E-state index is 0.0265. The minimum Gasteiger partial charge on any atom is -0.463 e. The maximum Gasteiger partial charge on any atom is 0.309 e. The lowest BCUT2D eigenvalue weighted by atomic mass is 10.2. The van der Waals surface area contributed by atoms with Crippen molar-refractivity contribution in [2.45, 2.75) is 32.5 Å². The van der Waals surface area contributed by atoms with E-state index in [0.29, 0.717) is 0 Å². The highest BCUT2D eigenvalue weighted by Crippen LogP contribution is 2.21. The van der Waals surface area contributed by atoms with E-state index in [-0.39, 0.29) is 18.5 Å². The van der Waals surface area contributed by atoms with Crippen molar-refractivity contribution in [2.24, 2.45) is 0 Å². The third-order valence-electron chi connectivity index (χ3n) is 1.60. The van der Waals surface area contributed by atoms with E-state index in [4.69, 9.17) is 4.74 Å². The van der Waals surface area contributed by atoms with Crippen molar-refractivity contribution in [2.75, 3.05) is 0 Å². The van der Waals surface area contributed by atoms with E-state index in [2.05, 4.69) is 0 Å². The number of hydrogen-bond donors (Lipinski definition) is 1. The highest BCUT2D eigenvalue weighted by Gasteiger charge is 2.15. The van der Waals surface area contributed by atoms with Gasteiger partial charge in [0.2, 0.25) is 0 Å². The van der Waals surface area contributed by atoms with Gasteiger partial charge in [-0.3, -0.25) is 4.79 Å². The Morgan fingerprint density at radius 2 is 2.36 bits per heavy atom. The first-order valence-electron chi connectivity index (χ1n) is 4.50. The Bertz CT molecular complexity index is 280. The molecule has 0 amide bonds. The molecule has 1 atom stereocenters. The van der Waals surface area contributed by atoms with E-state index in [1.54, 1.807) is 19.9 Å². The van der Waals surface area contributed by atoms with E-state index in [1.165, 1.54) is 11.3 Å². The standard InChI is InChI=1S/C10H14O3S/c1-7(2)13-10(12)6-8(11)9-4-3-5-14-9/h3-5,7-8,11H,6H2,1-2H3. The molecule has 3 nitrogen and oxygen atoms in total. The number of carbonyl (C=O) groups is 1. The molecule has 0 aliphatic heterocycles. The third kappa shape index (κ3) is 3.47. The summed E-state index contributed by atoms with van der Waals surface area (Å²) in [5, 5.41) is 11.5. The van der Waals surface area contributed by atoms with Crippen LogP contribution in [0.25, 0.3) is 0 Å². The van der Waals surface area contributed by atoms with E-state index < -0.39 is 6.10 Å². The lowest BCUT2D eigenvalue weighted by molar-refractivity contribution is -0.149. The average Bonchev–Trinajstić information content (AvgIpc) is 2.53. The lowest BCUT2D eigenvalue weighted by Gasteiger charge is -2.10. The van der Waals surface area contributed by atoms with Gasteiger partial charge in [0, 0.05) is 4.88 Å². The first-order chi connectivity index (χ1) is 6.59. The Morgan fingerprint density at radius 3 is 2.86 bits per heavy atom. The highest BCUT2D eigenvalue weighted by atomic mass is 32.1. The van der Waals surface area contributed by atoms with Crippen molar-refractivity contribution >= 4 is 17.3 Å². The Labute approximate surface area is 87.3 Å². The number of aliphatic hydroxyl groups is 1. The lowest BCUT2D eigenvalue weighted by Crippen LogP contribution is -2.14. The molecule has 1 aromatic heterocycles. The maximum absolute atomic E-state index is 11.2. The van der Waals surface area contributed by atoms with Crippen molar-refractivity contribution in [1.82, 2.24) is 0 Å². The van der Waals surface area contributed by atoms with Crippen LogP contribution in [0.2, 0.25) is 0 Å². The average molecular weight is 214 g/mol. The highest BCUT2D eigenvalue weighted by molar-refractivity contribution is 7.10. The molecule has 78 valence electrons. The van der Waals surface area contributed by atoms with Crippen molar-refractivity contribution in [1.29, 1.82) is 0 Å². The molecular formula is C10H14O3S. The quantitative estimate of drug-likeness (QED) is 0.781. The summed E-state index contributed by atoms with van der Waals surface area (Å²) in [6.07, 6.45) is -0.835. The molecule has 1 N–H and O–H groups in total. The smallest absolute Gasteiger partial charge is 0.309 e. The van der Waals surface area contributed by atoms with Crippen LogP contribution in [0.15, 0.2) is 17.5 Å². The van der Waals surface area contributed by atoms with Crippen molar-refractivity contribution in [3.63, 3.8) is 0 Å². The Kier molecular flexibility index (Phi) is 4.10. The molecule has 0 spiro atoms. The molecule has 1 unspecified atom stereocenters. The molecule has 0 saturated carbocycles. The molecule has 0 bridgehead atoms. The number of ether oxygens (including phenoxy) is 1. The Morgan fingerprint density at radius 1 is 1.64 bits per heavy atom. The monoisotopic (exact) mass is 214 g/mol. The van der Waals surface area contributed by atoms with E-state index in [1.807, 2.05) is 11.4 Å². The topological polar surface area (TPSA) is 46.5 Å². The first-order valence-corrected chi connectivity index (χ1v) is 5.38. The van der Waals surface area contributed by atoms with Gasteiger partial charge in [-0.2, -0.15) is 0 Å². The molecule has 0 saturated heterocycles.